The molecular formula is C24H20ClN5O2. The molecular weight excluding hydrogens is 426 g/mol. The van der Waals surface area contributed by atoms with E-state index in [9.17, 15) is 4.79 Å². The van der Waals surface area contributed by atoms with Crippen molar-refractivity contribution in [2.45, 2.75) is 31.7 Å². The lowest BCUT2D eigenvalue weighted by Gasteiger charge is -2.13. The van der Waals surface area contributed by atoms with E-state index in [0.717, 1.165) is 42.4 Å². The number of halogens is 1. The molecule has 5 aromatic rings. The highest BCUT2D eigenvalue weighted by Gasteiger charge is 2.24. The number of fused-ring (bicyclic) bond motifs is 4. The Hall–Kier alpha value is -3.45. The van der Waals surface area contributed by atoms with Crippen molar-refractivity contribution in [3.8, 4) is 11.4 Å². The Morgan fingerprint density at radius 3 is 2.50 bits per heavy atom. The van der Waals surface area contributed by atoms with Crippen LogP contribution in [0.25, 0.3) is 38.9 Å². The maximum Gasteiger partial charge on any atom is 0.265 e. The van der Waals surface area contributed by atoms with Crippen molar-refractivity contribution in [3.05, 3.63) is 64.2 Å². The molecule has 0 aliphatic heterocycles. The molecule has 0 bridgehead atoms. The van der Waals surface area contributed by atoms with E-state index in [0.29, 0.717) is 33.0 Å². The quantitative estimate of drug-likeness (QED) is 0.388. The highest BCUT2D eigenvalue weighted by Crippen LogP contribution is 2.33. The molecule has 3 heterocycles. The second-order valence-electron chi connectivity index (χ2n) is 8.13. The summed E-state index contributed by atoms with van der Waals surface area (Å²) in [7, 11) is 1.58. The first-order valence-corrected chi connectivity index (χ1v) is 11.1. The fraction of sp³-hybridized carbons (Fsp3) is 0.250. The Morgan fingerprint density at radius 2 is 1.78 bits per heavy atom. The van der Waals surface area contributed by atoms with Gasteiger partial charge in [0.1, 0.15) is 23.0 Å². The minimum Gasteiger partial charge on any atom is -0.495 e. The first kappa shape index (κ1) is 19.3. The largest absolute Gasteiger partial charge is 0.495 e. The van der Waals surface area contributed by atoms with Crippen LogP contribution in [0.2, 0.25) is 5.02 Å². The van der Waals surface area contributed by atoms with Gasteiger partial charge in [-0.2, -0.15) is 0 Å². The Bertz CT molecular complexity index is 1570. The first-order valence-electron chi connectivity index (χ1n) is 10.7. The van der Waals surface area contributed by atoms with Crippen LogP contribution in [0.4, 0.5) is 0 Å². The monoisotopic (exact) mass is 445 g/mol. The van der Waals surface area contributed by atoms with Crippen LogP contribution in [0, 0.1) is 0 Å². The van der Waals surface area contributed by atoms with Gasteiger partial charge in [-0.15, -0.1) is 0 Å². The summed E-state index contributed by atoms with van der Waals surface area (Å²) in [5, 5.41) is 0.952. The molecule has 8 heteroatoms. The molecule has 0 radical (unpaired) electrons. The number of aromatic nitrogens is 5. The summed E-state index contributed by atoms with van der Waals surface area (Å²) in [5.74, 6) is 0.573. The van der Waals surface area contributed by atoms with Gasteiger partial charge in [-0.1, -0.05) is 36.6 Å². The van der Waals surface area contributed by atoms with Gasteiger partial charge in [0, 0.05) is 6.04 Å². The number of ether oxygens (including phenoxy) is 1. The van der Waals surface area contributed by atoms with E-state index in [1.165, 1.54) is 0 Å². The van der Waals surface area contributed by atoms with E-state index in [1.54, 1.807) is 30.1 Å². The molecule has 1 aliphatic rings. The van der Waals surface area contributed by atoms with Crippen LogP contribution in [0.1, 0.15) is 31.7 Å². The van der Waals surface area contributed by atoms with Gasteiger partial charge < -0.3 is 4.74 Å². The summed E-state index contributed by atoms with van der Waals surface area (Å²) >= 11 is 6.43. The zero-order valence-electron chi connectivity index (χ0n) is 17.5. The summed E-state index contributed by atoms with van der Waals surface area (Å²) in [6, 6.07) is 13.3. The summed E-state index contributed by atoms with van der Waals surface area (Å²) in [6.45, 7) is 0. The number of hydrogen-bond acceptors (Lipinski definition) is 5. The SMILES string of the molecule is COc1ccc(-n2c3nc4ccccc4nc3c3c(=O)n(C4CCCC4)cnc32)cc1Cl. The molecule has 160 valence electrons. The van der Waals surface area contributed by atoms with Gasteiger partial charge in [0.05, 0.1) is 28.9 Å². The normalized spacial score (nSPS) is 14.7. The Morgan fingerprint density at radius 1 is 1.03 bits per heavy atom. The average molecular weight is 446 g/mol. The van der Waals surface area contributed by atoms with Crippen LogP contribution in [0.5, 0.6) is 5.75 Å². The molecule has 7 nitrogen and oxygen atoms in total. The van der Waals surface area contributed by atoms with E-state index < -0.39 is 0 Å². The number of para-hydroxylation sites is 2. The van der Waals surface area contributed by atoms with Crippen molar-refractivity contribution < 1.29 is 4.74 Å². The summed E-state index contributed by atoms with van der Waals surface area (Å²) in [5.41, 5.74) is 3.81. The predicted octanol–water partition coefficient (Wildman–Crippen LogP) is 5.06. The molecule has 1 aliphatic carbocycles. The summed E-state index contributed by atoms with van der Waals surface area (Å²) in [6.07, 6.45) is 5.92. The van der Waals surface area contributed by atoms with Gasteiger partial charge in [0.15, 0.2) is 11.3 Å². The van der Waals surface area contributed by atoms with Gasteiger partial charge in [-0.3, -0.25) is 13.9 Å². The van der Waals surface area contributed by atoms with Crippen LogP contribution in [0.15, 0.2) is 53.6 Å². The lowest BCUT2D eigenvalue weighted by Crippen LogP contribution is -2.23. The van der Waals surface area contributed by atoms with Crippen LogP contribution >= 0.6 is 11.6 Å². The second kappa shape index (κ2) is 7.31. The van der Waals surface area contributed by atoms with Crippen LogP contribution in [0.3, 0.4) is 0 Å². The van der Waals surface area contributed by atoms with Crippen molar-refractivity contribution in [1.82, 2.24) is 24.1 Å². The molecule has 0 spiro atoms. The fourth-order valence-corrected chi connectivity index (χ4v) is 4.98. The number of nitrogens with zero attached hydrogens (tertiary/aromatic N) is 5. The Kier molecular flexibility index (Phi) is 4.40. The zero-order valence-corrected chi connectivity index (χ0v) is 18.2. The molecule has 0 unspecified atom stereocenters. The van der Waals surface area contributed by atoms with Crippen molar-refractivity contribution in [3.63, 3.8) is 0 Å². The average Bonchev–Trinajstić information content (AvgIpc) is 3.44. The van der Waals surface area contributed by atoms with Gasteiger partial charge in [0.25, 0.3) is 5.56 Å². The molecule has 6 rings (SSSR count). The third-order valence-corrected chi connectivity index (χ3v) is 6.60. The Labute approximate surface area is 188 Å². The summed E-state index contributed by atoms with van der Waals surface area (Å²) in [4.78, 5) is 28.1. The highest BCUT2D eigenvalue weighted by atomic mass is 35.5. The number of rotatable bonds is 3. The van der Waals surface area contributed by atoms with Crippen molar-refractivity contribution in [2.75, 3.05) is 7.11 Å². The highest BCUT2D eigenvalue weighted by molar-refractivity contribution is 6.32. The van der Waals surface area contributed by atoms with Crippen molar-refractivity contribution >= 4 is 44.8 Å². The lowest BCUT2D eigenvalue weighted by atomic mass is 10.2. The van der Waals surface area contributed by atoms with Crippen LogP contribution < -0.4 is 10.3 Å². The van der Waals surface area contributed by atoms with Gasteiger partial charge in [-0.25, -0.2) is 15.0 Å². The Balaban J connectivity index is 1.74. The maximum atomic E-state index is 13.7. The fourth-order valence-electron chi connectivity index (χ4n) is 4.73. The molecule has 0 atom stereocenters. The van der Waals surface area contributed by atoms with Gasteiger partial charge >= 0.3 is 0 Å². The van der Waals surface area contributed by atoms with Gasteiger partial charge in [-0.05, 0) is 43.2 Å². The van der Waals surface area contributed by atoms with E-state index in [2.05, 4.69) is 0 Å². The van der Waals surface area contributed by atoms with E-state index in [1.807, 2.05) is 34.9 Å². The molecule has 1 fully saturated rings. The molecule has 0 N–H and O–H groups in total. The predicted molar refractivity (Wildman–Crippen MR) is 125 cm³/mol. The topological polar surface area (TPSA) is 74.8 Å². The van der Waals surface area contributed by atoms with E-state index >= 15 is 0 Å². The minimum absolute atomic E-state index is 0.0742. The smallest absolute Gasteiger partial charge is 0.265 e. The number of methoxy groups -OCH3 is 1. The van der Waals surface area contributed by atoms with Gasteiger partial charge in [0.2, 0.25) is 0 Å². The molecule has 0 amide bonds. The summed E-state index contributed by atoms with van der Waals surface area (Å²) < 4.78 is 8.94. The van der Waals surface area contributed by atoms with Crippen molar-refractivity contribution in [2.24, 2.45) is 0 Å². The van der Waals surface area contributed by atoms with Crippen LogP contribution in [-0.2, 0) is 0 Å². The van der Waals surface area contributed by atoms with E-state index in [4.69, 9.17) is 31.3 Å². The molecule has 3 aromatic heterocycles. The maximum absolute atomic E-state index is 13.7. The number of benzene rings is 2. The molecule has 2 aromatic carbocycles. The third-order valence-electron chi connectivity index (χ3n) is 6.30. The number of hydrogen-bond donors (Lipinski definition) is 0. The molecule has 32 heavy (non-hydrogen) atoms. The lowest BCUT2D eigenvalue weighted by molar-refractivity contribution is 0.415. The van der Waals surface area contributed by atoms with E-state index in [-0.39, 0.29) is 11.6 Å². The molecule has 1 saturated carbocycles. The third kappa shape index (κ3) is 2.81. The zero-order chi connectivity index (χ0) is 21.8. The first-order chi connectivity index (χ1) is 15.7. The molecule has 0 saturated heterocycles. The standard InChI is InChI=1S/C24H20ClN5O2/c1-32-19-11-10-15(12-16(19)25)30-22-20(24(31)29(13-26-22)14-6-2-3-7-14)21-23(30)28-18-9-5-4-8-17(18)27-21/h4-5,8-14H,2-3,6-7H2,1H3. The minimum atomic E-state index is -0.0742. The van der Waals surface area contributed by atoms with Crippen LogP contribution in [-0.4, -0.2) is 31.2 Å². The second-order valence-corrected chi connectivity index (χ2v) is 8.54. The van der Waals surface area contributed by atoms with Crippen molar-refractivity contribution in [1.29, 1.82) is 0 Å².